The van der Waals surface area contributed by atoms with Crippen LogP contribution in [-0.4, -0.2) is 20.7 Å². The van der Waals surface area contributed by atoms with E-state index in [1.54, 1.807) is 6.07 Å². The number of benzene rings is 2. The van der Waals surface area contributed by atoms with Crippen molar-refractivity contribution in [2.24, 2.45) is 0 Å². The number of nitrogens with zero attached hydrogens (tertiary/aromatic N) is 3. The van der Waals surface area contributed by atoms with Crippen molar-refractivity contribution in [3.8, 4) is 0 Å². The third-order valence-corrected chi connectivity index (χ3v) is 6.65. The number of aryl methyl sites for hydroxylation is 1. The summed E-state index contributed by atoms with van der Waals surface area (Å²) in [5.74, 6) is 1.43. The van der Waals surface area contributed by atoms with Crippen LogP contribution in [0.1, 0.15) is 47.9 Å². The van der Waals surface area contributed by atoms with Gasteiger partial charge in [0.1, 0.15) is 11.1 Å². The first kappa shape index (κ1) is 20.0. The molecule has 1 aromatic heterocycles. The summed E-state index contributed by atoms with van der Waals surface area (Å²) in [7, 11) is 0. The molecule has 29 heavy (non-hydrogen) atoms. The van der Waals surface area contributed by atoms with Crippen LogP contribution in [0.4, 0.5) is 5.69 Å². The van der Waals surface area contributed by atoms with Gasteiger partial charge in [0.05, 0.1) is 0 Å². The lowest BCUT2D eigenvalue weighted by Gasteiger charge is -2.17. The van der Waals surface area contributed by atoms with Gasteiger partial charge in [0.25, 0.3) is 0 Å². The Kier molecular flexibility index (Phi) is 5.92. The molecule has 1 heterocycles. The number of amides is 1. The van der Waals surface area contributed by atoms with Crippen molar-refractivity contribution in [2.45, 2.75) is 49.6 Å². The van der Waals surface area contributed by atoms with Crippen molar-refractivity contribution in [2.75, 3.05) is 5.32 Å². The average molecular weight is 427 g/mol. The molecule has 5 nitrogen and oxygen atoms in total. The second-order valence-corrected chi connectivity index (χ2v) is 8.70. The molecular formula is C22H23ClN4OS. The molecule has 1 aliphatic carbocycles. The van der Waals surface area contributed by atoms with Gasteiger partial charge >= 0.3 is 0 Å². The van der Waals surface area contributed by atoms with E-state index in [9.17, 15) is 4.79 Å². The Hall–Kier alpha value is -2.31. The fraction of sp³-hybridized carbons (Fsp3) is 0.318. The molecule has 0 spiro atoms. The molecule has 0 radical (unpaired) electrons. The van der Waals surface area contributed by atoms with E-state index < -0.39 is 5.25 Å². The van der Waals surface area contributed by atoms with Crippen LogP contribution in [0.25, 0.3) is 0 Å². The monoisotopic (exact) mass is 426 g/mol. The third-order valence-electron chi connectivity index (χ3n) is 5.01. The zero-order valence-electron chi connectivity index (χ0n) is 16.4. The Morgan fingerprint density at radius 3 is 2.66 bits per heavy atom. The summed E-state index contributed by atoms with van der Waals surface area (Å²) >= 11 is 7.66. The van der Waals surface area contributed by atoms with E-state index in [0.29, 0.717) is 16.6 Å². The van der Waals surface area contributed by atoms with Crippen LogP contribution >= 0.6 is 23.4 Å². The lowest BCUT2D eigenvalue weighted by molar-refractivity contribution is -0.115. The number of thioether (sulfide) groups is 1. The molecule has 0 aliphatic heterocycles. The molecule has 1 amide bonds. The van der Waals surface area contributed by atoms with Gasteiger partial charge in [0.15, 0.2) is 5.16 Å². The first-order valence-corrected chi connectivity index (χ1v) is 11.0. The summed E-state index contributed by atoms with van der Waals surface area (Å²) < 4.78 is 2.13. The quantitative estimate of drug-likeness (QED) is 0.499. The van der Waals surface area contributed by atoms with Crippen LogP contribution in [0.5, 0.6) is 0 Å². The van der Waals surface area contributed by atoms with Gasteiger partial charge in [-0.25, -0.2) is 0 Å². The van der Waals surface area contributed by atoms with E-state index >= 15 is 0 Å². The summed E-state index contributed by atoms with van der Waals surface area (Å²) in [6.07, 6.45) is 2.33. The highest BCUT2D eigenvalue weighted by molar-refractivity contribution is 8.00. The van der Waals surface area contributed by atoms with Gasteiger partial charge in [-0.3, -0.25) is 4.79 Å². The zero-order valence-corrected chi connectivity index (χ0v) is 18.0. The minimum absolute atomic E-state index is 0.111. The highest BCUT2D eigenvalue weighted by Crippen LogP contribution is 2.42. The number of hydrogen-bond acceptors (Lipinski definition) is 4. The van der Waals surface area contributed by atoms with E-state index in [1.807, 2.05) is 49.4 Å². The fourth-order valence-electron chi connectivity index (χ4n) is 3.21. The Morgan fingerprint density at radius 2 is 2.00 bits per heavy atom. The molecule has 1 aliphatic rings. The maximum atomic E-state index is 13.2. The summed E-state index contributed by atoms with van der Waals surface area (Å²) in [6, 6.07) is 15.3. The van der Waals surface area contributed by atoms with Gasteiger partial charge in [-0.05, 0) is 49.9 Å². The molecule has 1 unspecified atom stereocenters. The molecule has 2 aromatic carbocycles. The average Bonchev–Trinajstić information content (AvgIpc) is 3.49. The van der Waals surface area contributed by atoms with Crippen LogP contribution in [0, 0.1) is 6.92 Å². The summed E-state index contributed by atoms with van der Waals surface area (Å²) in [5.41, 5.74) is 2.58. The first-order valence-electron chi connectivity index (χ1n) is 9.78. The summed E-state index contributed by atoms with van der Waals surface area (Å²) in [4.78, 5) is 13.2. The van der Waals surface area contributed by atoms with Crippen molar-refractivity contribution in [1.82, 2.24) is 14.8 Å². The lowest BCUT2D eigenvalue weighted by Crippen LogP contribution is -2.19. The lowest BCUT2D eigenvalue weighted by atomic mass is 10.1. The molecule has 1 saturated carbocycles. The highest BCUT2D eigenvalue weighted by Gasteiger charge is 2.32. The van der Waals surface area contributed by atoms with E-state index in [1.165, 1.54) is 24.6 Å². The number of carbonyl (C=O) groups excluding carboxylic acids is 1. The summed E-state index contributed by atoms with van der Waals surface area (Å²) in [6.45, 7) is 4.81. The van der Waals surface area contributed by atoms with E-state index in [0.717, 1.165) is 28.7 Å². The van der Waals surface area contributed by atoms with Gasteiger partial charge in [-0.15, -0.1) is 10.2 Å². The van der Waals surface area contributed by atoms with E-state index in [4.69, 9.17) is 11.6 Å². The van der Waals surface area contributed by atoms with Crippen LogP contribution in [0.15, 0.2) is 53.7 Å². The minimum Gasteiger partial charge on any atom is -0.325 e. The number of rotatable bonds is 7. The molecule has 0 saturated heterocycles. The number of aromatic nitrogens is 3. The van der Waals surface area contributed by atoms with Gasteiger partial charge in [0.2, 0.25) is 5.91 Å². The third kappa shape index (κ3) is 4.49. The molecule has 7 heteroatoms. The SMILES string of the molecule is CCn1c(SC(C(=O)Nc2ccc(C)c(Cl)c2)c2ccccc2)nnc1C1CC1. The van der Waals surface area contributed by atoms with Crippen molar-refractivity contribution in [3.63, 3.8) is 0 Å². The fourth-order valence-corrected chi connectivity index (χ4v) is 4.50. The van der Waals surface area contributed by atoms with Crippen molar-refractivity contribution in [3.05, 3.63) is 70.5 Å². The minimum atomic E-state index is -0.446. The predicted molar refractivity (Wildman–Crippen MR) is 118 cm³/mol. The van der Waals surface area contributed by atoms with Crippen LogP contribution in [0.3, 0.4) is 0 Å². The van der Waals surface area contributed by atoms with E-state index in [-0.39, 0.29) is 5.91 Å². The standard InChI is InChI=1S/C22H23ClN4OS/c1-3-27-20(16-10-11-16)25-26-22(27)29-19(15-7-5-4-6-8-15)21(28)24-17-12-9-14(2)18(23)13-17/h4-9,12-13,16,19H,3,10-11H2,1-2H3,(H,24,28). The van der Waals surface area contributed by atoms with Crippen LogP contribution in [-0.2, 0) is 11.3 Å². The smallest absolute Gasteiger partial charge is 0.242 e. The summed E-state index contributed by atoms with van der Waals surface area (Å²) in [5, 5.41) is 12.8. The Labute approximate surface area is 179 Å². The van der Waals surface area contributed by atoms with Crippen molar-refractivity contribution < 1.29 is 4.79 Å². The molecule has 1 fully saturated rings. The number of anilines is 1. The number of hydrogen-bond donors (Lipinski definition) is 1. The molecule has 3 aromatic rings. The largest absolute Gasteiger partial charge is 0.325 e. The maximum Gasteiger partial charge on any atom is 0.242 e. The van der Waals surface area contributed by atoms with Gasteiger partial charge in [0, 0.05) is 23.2 Å². The second-order valence-electron chi connectivity index (χ2n) is 7.22. The van der Waals surface area contributed by atoms with Crippen molar-refractivity contribution in [1.29, 1.82) is 0 Å². The second kappa shape index (κ2) is 8.59. The van der Waals surface area contributed by atoms with Crippen LogP contribution < -0.4 is 5.32 Å². The predicted octanol–water partition coefficient (Wildman–Crippen LogP) is 5.61. The van der Waals surface area contributed by atoms with Gasteiger partial charge in [-0.2, -0.15) is 0 Å². The zero-order chi connectivity index (χ0) is 20.4. The number of halogens is 1. The Morgan fingerprint density at radius 1 is 1.24 bits per heavy atom. The maximum absolute atomic E-state index is 13.2. The highest BCUT2D eigenvalue weighted by atomic mass is 35.5. The van der Waals surface area contributed by atoms with Crippen molar-refractivity contribution >= 4 is 35.0 Å². The molecular weight excluding hydrogens is 404 g/mol. The molecule has 1 atom stereocenters. The number of carbonyl (C=O) groups is 1. The molecule has 4 rings (SSSR count). The van der Waals surface area contributed by atoms with Gasteiger partial charge in [-0.1, -0.05) is 59.8 Å². The van der Waals surface area contributed by atoms with Gasteiger partial charge < -0.3 is 9.88 Å². The van der Waals surface area contributed by atoms with Crippen LogP contribution in [0.2, 0.25) is 5.02 Å². The normalized spacial score (nSPS) is 14.6. The van der Waals surface area contributed by atoms with E-state index in [2.05, 4.69) is 27.0 Å². The first-order chi connectivity index (χ1) is 14.1. The Bertz CT molecular complexity index is 1020. The molecule has 1 N–H and O–H groups in total. The molecule has 0 bridgehead atoms. The topological polar surface area (TPSA) is 59.8 Å². The Balaban J connectivity index is 1.62. The molecule has 150 valence electrons. The number of nitrogens with one attached hydrogen (secondary N) is 1.